The van der Waals surface area contributed by atoms with E-state index in [-0.39, 0.29) is 5.84 Å². The van der Waals surface area contributed by atoms with Gasteiger partial charge in [0.05, 0.1) is 10.2 Å². The number of fused-ring (bicyclic) bond motifs is 1. The van der Waals surface area contributed by atoms with E-state index in [1.54, 1.807) is 23.1 Å². The van der Waals surface area contributed by atoms with Crippen molar-refractivity contribution in [1.29, 1.82) is 5.41 Å². The summed E-state index contributed by atoms with van der Waals surface area (Å²) in [7, 11) is 0. The normalized spacial score (nSPS) is 10.8. The van der Waals surface area contributed by atoms with E-state index in [1.807, 2.05) is 43.3 Å². The Morgan fingerprint density at radius 2 is 2.00 bits per heavy atom. The number of amidine groups is 1. The lowest BCUT2D eigenvalue weighted by Crippen LogP contribution is -2.12. The van der Waals surface area contributed by atoms with Crippen molar-refractivity contribution < 1.29 is 0 Å². The second-order valence-corrected chi connectivity index (χ2v) is 6.70. The number of nitrogen functional groups attached to an aromatic ring is 1. The number of nitrogens with two attached hydrogens (primary N) is 1. The molecule has 1 heterocycles. The van der Waals surface area contributed by atoms with Crippen LogP contribution in [0.5, 0.6) is 0 Å². The van der Waals surface area contributed by atoms with Gasteiger partial charge in [0.2, 0.25) is 0 Å². The molecule has 0 aliphatic heterocycles. The molecule has 0 saturated heterocycles. The SMILES string of the molecule is Cc1cccc(C(=N)N)c1Sc1nc2ccccc2s1. The van der Waals surface area contributed by atoms with Crippen LogP contribution in [-0.4, -0.2) is 10.8 Å². The van der Waals surface area contributed by atoms with E-state index in [1.165, 1.54) is 4.70 Å². The average molecular weight is 299 g/mol. The molecule has 0 aliphatic carbocycles. The molecule has 0 radical (unpaired) electrons. The summed E-state index contributed by atoms with van der Waals surface area (Å²) in [6.07, 6.45) is 0. The average Bonchev–Trinajstić information content (AvgIpc) is 2.83. The van der Waals surface area contributed by atoms with E-state index in [0.717, 1.165) is 25.9 Å². The van der Waals surface area contributed by atoms with Crippen molar-refractivity contribution in [2.24, 2.45) is 5.73 Å². The van der Waals surface area contributed by atoms with Gasteiger partial charge in [0.25, 0.3) is 0 Å². The molecule has 3 rings (SSSR count). The van der Waals surface area contributed by atoms with Gasteiger partial charge in [-0.15, -0.1) is 11.3 Å². The first-order valence-electron chi connectivity index (χ1n) is 6.12. The van der Waals surface area contributed by atoms with Crippen LogP contribution in [0.4, 0.5) is 0 Å². The summed E-state index contributed by atoms with van der Waals surface area (Å²) in [5.74, 6) is 0.0947. The van der Waals surface area contributed by atoms with Gasteiger partial charge < -0.3 is 5.73 Å². The molecule has 0 atom stereocenters. The van der Waals surface area contributed by atoms with E-state index in [0.29, 0.717) is 0 Å². The highest BCUT2D eigenvalue weighted by Gasteiger charge is 2.12. The van der Waals surface area contributed by atoms with Crippen LogP contribution in [-0.2, 0) is 0 Å². The Bertz CT molecular complexity index is 760. The van der Waals surface area contributed by atoms with Gasteiger partial charge in [0, 0.05) is 10.5 Å². The molecule has 3 N–H and O–H groups in total. The molecule has 0 aliphatic rings. The Morgan fingerprint density at radius 1 is 1.20 bits per heavy atom. The van der Waals surface area contributed by atoms with Gasteiger partial charge in [-0.1, -0.05) is 42.1 Å². The molecule has 0 fully saturated rings. The molecular weight excluding hydrogens is 286 g/mol. The van der Waals surface area contributed by atoms with Gasteiger partial charge in [-0.2, -0.15) is 0 Å². The molecule has 2 aromatic carbocycles. The largest absolute Gasteiger partial charge is 0.384 e. The lowest BCUT2D eigenvalue weighted by molar-refractivity contribution is 1.23. The van der Waals surface area contributed by atoms with Crippen molar-refractivity contribution in [2.45, 2.75) is 16.2 Å². The lowest BCUT2D eigenvalue weighted by atomic mass is 10.1. The first-order chi connectivity index (χ1) is 9.65. The second kappa shape index (κ2) is 5.26. The molecule has 1 aromatic heterocycles. The minimum Gasteiger partial charge on any atom is -0.384 e. The topological polar surface area (TPSA) is 62.8 Å². The van der Waals surface area contributed by atoms with Gasteiger partial charge in [-0.05, 0) is 24.6 Å². The van der Waals surface area contributed by atoms with Crippen LogP contribution in [0.15, 0.2) is 51.7 Å². The van der Waals surface area contributed by atoms with Crippen molar-refractivity contribution in [3.05, 3.63) is 53.6 Å². The fraction of sp³-hybridized carbons (Fsp3) is 0.0667. The Kier molecular flexibility index (Phi) is 3.46. The standard InChI is InChI=1S/C15H13N3S2/c1-9-5-4-6-10(14(16)17)13(9)20-15-18-11-7-2-3-8-12(11)19-15/h2-8H,1H3,(H3,16,17). The predicted octanol–water partition coefficient (Wildman–Crippen LogP) is 4.04. The van der Waals surface area contributed by atoms with E-state index in [4.69, 9.17) is 11.1 Å². The van der Waals surface area contributed by atoms with Gasteiger partial charge in [-0.3, -0.25) is 5.41 Å². The van der Waals surface area contributed by atoms with E-state index < -0.39 is 0 Å². The number of nitrogens with zero attached hydrogens (tertiary/aromatic N) is 1. The number of rotatable bonds is 3. The van der Waals surface area contributed by atoms with Crippen molar-refractivity contribution in [3.8, 4) is 0 Å². The summed E-state index contributed by atoms with van der Waals surface area (Å²) in [4.78, 5) is 5.63. The Hall–Kier alpha value is -1.85. The first-order valence-corrected chi connectivity index (χ1v) is 7.76. The molecule has 0 amide bonds. The second-order valence-electron chi connectivity index (χ2n) is 4.41. The predicted molar refractivity (Wildman–Crippen MR) is 85.9 cm³/mol. The van der Waals surface area contributed by atoms with Crippen LogP contribution >= 0.6 is 23.1 Å². The quantitative estimate of drug-likeness (QED) is 0.566. The Labute approximate surface area is 125 Å². The molecule has 20 heavy (non-hydrogen) atoms. The third-order valence-electron chi connectivity index (χ3n) is 2.97. The van der Waals surface area contributed by atoms with Crippen LogP contribution in [0.25, 0.3) is 10.2 Å². The number of benzene rings is 2. The summed E-state index contributed by atoms with van der Waals surface area (Å²) in [5, 5.41) is 7.69. The molecule has 3 aromatic rings. The number of hydrogen-bond acceptors (Lipinski definition) is 4. The first kappa shape index (κ1) is 13.1. The maximum Gasteiger partial charge on any atom is 0.155 e. The van der Waals surface area contributed by atoms with Crippen LogP contribution in [0, 0.1) is 12.3 Å². The van der Waals surface area contributed by atoms with Crippen LogP contribution in [0.1, 0.15) is 11.1 Å². The molecule has 0 unspecified atom stereocenters. The maximum absolute atomic E-state index is 7.69. The van der Waals surface area contributed by atoms with Gasteiger partial charge in [0.15, 0.2) is 4.34 Å². The monoisotopic (exact) mass is 299 g/mol. The third kappa shape index (κ3) is 2.42. The molecule has 0 bridgehead atoms. The maximum atomic E-state index is 7.69. The molecule has 5 heteroatoms. The van der Waals surface area contributed by atoms with Gasteiger partial charge in [0.1, 0.15) is 5.84 Å². The van der Waals surface area contributed by atoms with E-state index in [9.17, 15) is 0 Å². The summed E-state index contributed by atoms with van der Waals surface area (Å²) in [6, 6.07) is 13.9. The number of nitrogens with one attached hydrogen (secondary N) is 1. The zero-order valence-electron chi connectivity index (χ0n) is 10.9. The fourth-order valence-corrected chi connectivity index (χ4v) is 4.20. The highest BCUT2D eigenvalue weighted by atomic mass is 32.2. The Morgan fingerprint density at radius 3 is 2.75 bits per heavy atom. The summed E-state index contributed by atoms with van der Waals surface area (Å²) < 4.78 is 2.15. The minimum atomic E-state index is 0.0947. The zero-order valence-corrected chi connectivity index (χ0v) is 12.5. The summed E-state index contributed by atoms with van der Waals surface area (Å²) in [6.45, 7) is 2.03. The smallest absolute Gasteiger partial charge is 0.155 e. The van der Waals surface area contributed by atoms with Crippen molar-refractivity contribution in [1.82, 2.24) is 4.98 Å². The summed E-state index contributed by atoms with van der Waals surface area (Å²) >= 11 is 3.24. The van der Waals surface area contributed by atoms with Crippen molar-refractivity contribution >= 4 is 39.2 Å². The molecule has 0 saturated carbocycles. The van der Waals surface area contributed by atoms with E-state index >= 15 is 0 Å². The number of aromatic nitrogens is 1. The molecule has 100 valence electrons. The highest BCUT2D eigenvalue weighted by Crippen LogP contribution is 2.37. The zero-order chi connectivity index (χ0) is 14.1. The number of thiazole rings is 1. The van der Waals surface area contributed by atoms with Gasteiger partial charge in [-0.25, -0.2) is 4.98 Å². The lowest BCUT2D eigenvalue weighted by Gasteiger charge is -2.09. The molecule has 0 spiro atoms. The van der Waals surface area contributed by atoms with Crippen LogP contribution < -0.4 is 5.73 Å². The number of aryl methyl sites for hydroxylation is 1. The van der Waals surface area contributed by atoms with Crippen molar-refractivity contribution in [3.63, 3.8) is 0 Å². The third-order valence-corrected chi connectivity index (χ3v) is 5.31. The Balaban J connectivity index is 2.04. The number of para-hydroxylation sites is 1. The number of hydrogen-bond donors (Lipinski definition) is 2. The summed E-state index contributed by atoms with van der Waals surface area (Å²) in [5.41, 5.74) is 8.56. The molecular formula is C15H13N3S2. The minimum absolute atomic E-state index is 0.0947. The van der Waals surface area contributed by atoms with Gasteiger partial charge >= 0.3 is 0 Å². The van der Waals surface area contributed by atoms with Crippen molar-refractivity contribution in [2.75, 3.05) is 0 Å². The fourth-order valence-electron chi connectivity index (χ4n) is 1.98. The highest BCUT2D eigenvalue weighted by molar-refractivity contribution is 8.01. The van der Waals surface area contributed by atoms with E-state index in [2.05, 4.69) is 11.1 Å². The van der Waals surface area contributed by atoms with Crippen LogP contribution in [0.3, 0.4) is 0 Å². The molecule has 3 nitrogen and oxygen atoms in total. The van der Waals surface area contributed by atoms with Crippen LogP contribution in [0.2, 0.25) is 0 Å².